The first-order chi connectivity index (χ1) is 11.9. The molecule has 2 aromatic rings. The number of carboxylic acids is 1. The van der Waals surface area contributed by atoms with Gasteiger partial charge in [-0.25, -0.2) is 9.18 Å². The summed E-state index contributed by atoms with van der Waals surface area (Å²) >= 11 is 0. The van der Waals surface area contributed by atoms with Crippen LogP contribution in [0.15, 0.2) is 23.1 Å². The summed E-state index contributed by atoms with van der Waals surface area (Å²) in [6.07, 6.45) is 2.38. The average Bonchev–Trinajstić information content (AvgIpc) is 3.33. The number of anilines is 1. The van der Waals surface area contributed by atoms with Gasteiger partial charge in [0.25, 0.3) is 0 Å². The van der Waals surface area contributed by atoms with Crippen LogP contribution in [0.25, 0.3) is 10.9 Å². The number of halogens is 1. The summed E-state index contributed by atoms with van der Waals surface area (Å²) in [6, 6.07) is 2.30. The van der Waals surface area contributed by atoms with Gasteiger partial charge in [-0.05, 0) is 25.0 Å². The number of hydrogen-bond donors (Lipinski definition) is 3. The number of aliphatic hydroxyl groups excluding tert-OH is 1. The Morgan fingerprint density at radius 3 is 2.56 bits per heavy atom. The van der Waals surface area contributed by atoms with Crippen molar-refractivity contribution in [2.45, 2.75) is 31.0 Å². The van der Waals surface area contributed by atoms with Gasteiger partial charge in [0.15, 0.2) is 0 Å². The molecule has 1 saturated carbocycles. The molecule has 1 aromatic heterocycles. The Kier molecular flexibility index (Phi) is 3.55. The van der Waals surface area contributed by atoms with E-state index in [0.717, 1.165) is 18.9 Å². The van der Waals surface area contributed by atoms with E-state index in [4.69, 9.17) is 5.73 Å². The van der Waals surface area contributed by atoms with Crippen LogP contribution >= 0.6 is 0 Å². The van der Waals surface area contributed by atoms with Gasteiger partial charge >= 0.3 is 5.97 Å². The Balaban J connectivity index is 1.93. The highest BCUT2D eigenvalue weighted by Crippen LogP contribution is 2.38. The Labute approximate surface area is 142 Å². The van der Waals surface area contributed by atoms with E-state index < -0.39 is 29.4 Å². The quantitative estimate of drug-likeness (QED) is 0.753. The molecule has 0 spiro atoms. The van der Waals surface area contributed by atoms with Crippen LogP contribution in [0.1, 0.15) is 29.2 Å². The summed E-state index contributed by atoms with van der Waals surface area (Å²) in [4.78, 5) is 25.4. The molecule has 132 valence electrons. The van der Waals surface area contributed by atoms with Gasteiger partial charge in [0.1, 0.15) is 11.4 Å². The summed E-state index contributed by atoms with van der Waals surface area (Å²) in [6.45, 7) is 0.523. The predicted octanol–water partition coefficient (Wildman–Crippen LogP) is 0.682. The first kappa shape index (κ1) is 16.0. The number of nitrogens with two attached hydrogens (primary N) is 1. The Hall–Kier alpha value is -2.45. The smallest absolute Gasteiger partial charge is 0.341 e. The predicted molar refractivity (Wildman–Crippen MR) is 89.6 cm³/mol. The number of aromatic nitrogens is 1. The van der Waals surface area contributed by atoms with E-state index in [0.29, 0.717) is 12.1 Å². The molecule has 0 radical (unpaired) electrons. The number of carboxylic acid groups (broad SMARTS) is 1. The second-order valence-corrected chi connectivity index (χ2v) is 6.77. The van der Waals surface area contributed by atoms with Crippen LogP contribution in [0.3, 0.4) is 0 Å². The van der Waals surface area contributed by atoms with Crippen LogP contribution in [0.5, 0.6) is 0 Å². The van der Waals surface area contributed by atoms with Gasteiger partial charge in [0, 0.05) is 36.8 Å². The minimum Gasteiger partial charge on any atom is -0.477 e. The van der Waals surface area contributed by atoms with Crippen molar-refractivity contribution >= 4 is 22.6 Å². The standard InChI is InChI=1S/C17H18FN3O4/c18-11-3-9-13(4-14(11)20-6-12(19)15(22)7-20)21(8-1-2-8)5-10(16(9)23)17(24)25/h3-5,8,12,15,22H,1-2,6-7,19H2,(H,24,25)/t12-,15-/m1/s1. The number of benzene rings is 1. The van der Waals surface area contributed by atoms with Gasteiger partial charge < -0.3 is 25.4 Å². The van der Waals surface area contributed by atoms with E-state index >= 15 is 0 Å². The highest BCUT2D eigenvalue weighted by atomic mass is 19.1. The van der Waals surface area contributed by atoms with Crippen LogP contribution in [-0.4, -0.2) is 46.0 Å². The van der Waals surface area contributed by atoms with E-state index in [2.05, 4.69) is 0 Å². The summed E-state index contributed by atoms with van der Waals surface area (Å²) in [5, 5.41) is 19.1. The molecule has 2 atom stereocenters. The highest BCUT2D eigenvalue weighted by molar-refractivity contribution is 5.93. The molecule has 2 aliphatic rings. The van der Waals surface area contributed by atoms with Crippen molar-refractivity contribution in [3.8, 4) is 0 Å². The van der Waals surface area contributed by atoms with Crippen molar-refractivity contribution in [2.75, 3.05) is 18.0 Å². The van der Waals surface area contributed by atoms with E-state index in [1.165, 1.54) is 6.20 Å². The molecule has 2 fully saturated rings. The number of aliphatic hydroxyl groups is 1. The number of nitrogens with zero attached hydrogens (tertiary/aromatic N) is 2. The van der Waals surface area contributed by atoms with Gasteiger partial charge in [-0.1, -0.05) is 0 Å². The fraction of sp³-hybridized carbons (Fsp3) is 0.412. The molecule has 4 rings (SSSR count). The zero-order valence-electron chi connectivity index (χ0n) is 13.4. The molecule has 0 bridgehead atoms. The van der Waals surface area contributed by atoms with E-state index in [1.807, 2.05) is 0 Å². The fourth-order valence-corrected chi connectivity index (χ4v) is 3.42. The van der Waals surface area contributed by atoms with Crippen molar-refractivity contribution in [1.82, 2.24) is 4.57 Å². The van der Waals surface area contributed by atoms with Crippen molar-refractivity contribution in [1.29, 1.82) is 0 Å². The fourth-order valence-electron chi connectivity index (χ4n) is 3.42. The first-order valence-electron chi connectivity index (χ1n) is 8.17. The minimum atomic E-state index is -1.32. The van der Waals surface area contributed by atoms with Gasteiger partial charge in [-0.2, -0.15) is 0 Å². The van der Waals surface area contributed by atoms with Gasteiger partial charge in [0.2, 0.25) is 5.43 Å². The maximum atomic E-state index is 14.6. The maximum Gasteiger partial charge on any atom is 0.341 e. The Morgan fingerprint density at radius 2 is 2.00 bits per heavy atom. The number of aromatic carboxylic acids is 1. The van der Waals surface area contributed by atoms with Crippen LogP contribution in [0.2, 0.25) is 0 Å². The monoisotopic (exact) mass is 347 g/mol. The van der Waals surface area contributed by atoms with Crippen molar-refractivity contribution in [3.05, 3.63) is 39.9 Å². The van der Waals surface area contributed by atoms with Crippen LogP contribution in [0.4, 0.5) is 10.1 Å². The van der Waals surface area contributed by atoms with E-state index in [9.17, 15) is 24.2 Å². The molecular formula is C17H18FN3O4. The summed E-state index contributed by atoms with van der Waals surface area (Å²) in [7, 11) is 0. The molecule has 1 aliphatic carbocycles. The lowest BCUT2D eigenvalue weighted by molar-refractivity contribution is 0.0695. The molecular weight excluding hydrogens is 329 g/mol. The highest BCUT2D eigenvalue weighted by Gasteiger charge is 2.32. The molecule has 0 unspecified atom stereocenters. The lowest BCUT2D eigenvalue weighted by Gasteiger charge is -2.20. The molecule has 1 aliphatic heterocycles. The first-order valence-corrected chi connectivity index (χ1v) is 8.17. The zero-order chi connectivity index (χ0) is 17.9. The molecule has 0 amide bonds. The minimum absolute atomic E-state index is 0.0529. The number of fused-ring (bicyclic) bond motifs is 1. The van der Waals surface area contributed by atoms with Crippen molar-refractivity contribution < 1.29 is 19.4 Å². The van der Waals surface area contributed by atoms with E-state index in [-0.39, 0.29) is 29.2 Å². The third kappa shape index (κ3) is 2.58. The van der Waals surface area contributed by atoms with Crippen LogP contribution < -0.4 is 16.1 Å². The lowest BCUT2D eigenvalue weighted by Crippen LogP contribution is -2.32. The zero-order valence-corrected chi connectivity index (χ0v) is 13.4. The van der Waals surface area contributed by atoms with Crippen molar-refractivity contribution in [2.24, 2.45) is 5.73 Å². The molecule has 1 aromatic carbocycles. The topological polar surface area (TPSA) is 109 Å². The summed E-state index contributed by atoms with van der Waals surface area (Å²) in [5.74, 6) is -1.95. The Bertz CT molecular complexity index is 928. The number of carbonyl (C=O) groups is 1. The second kappa shape index (κ2) is 5.53. The average molecular weight is 347 g/mol. The molecule has 25 heavy (non-hydrogen) atoms. The second-order valence-electron chi connectivity index (χ2n) is 6.77. The van der Waals surface area contributed by atoms with Gasteiger partial charge in [0.05, 0.1) is 17.3 Å². The summed E-state index contributed by atoms with van der Waals surface area (Å²) < 4.78 is 16.4. The molecule has 2 heterocycles. The number of rotatable bonds is 3. The summed E-state index contributed by atoms with van der Waals surface area (Å²) in [5.41, 5.74) is 5.52. The van der Waals surface area contributed by atoms with Gasteiger partial charge in [-0.3, -0.25) is 4.79 Å². The van der Waals surface area contributed by atoms with Crippen molar-refractivity contribution in [3.63, 3.8) is 0 Å². The lowest BCUT2D eigenvalue weighted by atomic mass is 10.1. The number of pyridine rings is 1. The third-order valence-corrected chi connectivity index (χ3v) is 4.94. The van der Waals surface area contributed by atoms with Gasteiger partial charge in [-0.15, -0.1) is 0 Å². The SMILES string of the molecule is N[C@@H]1CN(c2cc3c(cc2F)c(=O)c(C(=O)O)cn3C2CC2)C[C@H]1O. The number of hydrogen-bond acceptors (Lipinski definition) is 5. The largest absolute Gasteiger partial charge is 0.477 e. The third-order valence-electron chi connectivity index (χ3n) is 4.94. The number of β-amino-alcohol motifs (C(OH)–C–C–N with tert-alkyl or cyclic N) is 1. The maximum absolute atomic E-state index is 14.6. The molecule has 4 N–H and O–H groups in total. The van der Waals surface area contributed by atoms with Crippen LogP contribution in [0, 0.1) is 5.82 Å². The Morgan fingerprint density at radius 1 is 1.28 bits per heavy atom. The van der Waals surface area contributed by atoms with Crippen LogP contribution in [-0.2, 0) is 0 Å². The normalized spacial score (nSPS) is 23.4. The molecule has 7 nitrogen and oxygen atoms in total. The van der Waals surface area contributed by atoms with E-state index in [1.54, 1.807) is 15.5 Å². The molecule has 1 saturated heterocycles. The molecule has 8 heteroatoms.